The minimum absolute atomic E-state index is 0.514. The summed E-state index contributed by atoms with van der Waals surface area (Å²) < 4.78 is 48.5. The molecule has 0 saturated carbocycles. The van der Waals surface area contributed by atoms with Crippen molar-refractivity contribution >= 4 is 0 Å². The van der Waals surface area contributed by atoms with Crippen molar-refractivity contribution in [3.05, 3.63) is 59.2 Å². The Labute approximate surface area is 127 Å². The Morgan fingerprint density at radius 1 is 0.818 bits per heavy atom. The lowest BCUT2D eigenvalue weighted by molar-refractivity contribution is -0.137. The lowest BCUT2D eigenvalue weighted by atomic mass is 10.0. The second kappa shape index (κ2) is 6.73. The molecule has 0 aliphatic rings. The van der Waals surface area contributed by atoms with Crippen molar-refractivity contribution in [2.75, 3.05) is 14.2 Å². The molecule has 2 nitrogen and oxygen atoms in total. The number of hydrogen-bond donors (Lipinski definition) is 0. The molecule has 22 heavy (non-hydrogen) atoms. The molecule has 0 atom stereocenters. The van der Waals surface area contributed by atoms with Gasteiger partial charge in [-0.05, 0) is 42.2 Å². The quantitative estimate of drug-likeness (QED) is 0.809. The highest BCUT2D eigenvalue weighted by atomic mass is 19.4. The van der Waals surface area contributed by atoms with Crippen LogP contribution in [-0.2, 0) is 19.0 Å². The summed E-state index contributed by atoms with van der Waals surface area (Å²) in [6.45, 7) is 0. The zero-order chi connectivity index (χ0) is 16.2. The van der Waals surface area contributed by atoms with Gasteiger partial charge in [0.2, 0.25) is 0 Å². The third kappa shape index (κ3) is 4.16. The van der Waals surface area contributed by atoms with Crippen molar-refractivity contribution in [3.63, 3.8) is 0 Å². The maximum Gasteiger partial charge on any atom is 0.416 e. The van der Waals surface area contributed by atoms with Gasteiger partial charge in [0.1, 0.15) is 11.5 Å². The molecule has 2 aromatic rings. The Balaban J connectivity index is 2.13. The molecule has 0 amide bonds. The summed E-state index contributed by atoms with van der Waals surface area (Å²) in [5.41, 5.74) is 0.985. The van der Waals surface area contributed by atoms with Gasteiger partial charge >= 0.3 is 6.18 Å². The highest BCUT2D eigenvalue weighted by Gasteiger charge is 2.30. The van der Waals surface area contributed by atoms with Crippen molar-refractivity contribution in [3.8, 4) is 11.5 Å². The molecular formula is C17H17F3O2. The van der Waals surface area contributed by atoms with Gasteiger partial charge in [-0.15, -0.1) is 0 Å². The predicted molar refractivity (Wildman–Crippen MR) is 78.4 cm³/mol. The van der Waals surface area contributed by atoms with Crippen LogP contribution >= 0.6 is 0 Å². The Morgan fingerprint density at radius 2 is 1.41 bits per heavy atom. The van der Waals surface area contributed by atoms with Crippen LogP contribution in [-0.4, -0.2) is 14.2 Å². The van der Waals surface area contributed by atoms with Crippen molar-refractivity contribution in [1.82, 2.24) is 0 Å². The third-order valence-electron chi connectivity index (χ3n) is 3.37. The first-order chi connectivity index (χ1) is 10.4. The van der Waals surface area contributed by atoms with Crippen LogP contribution in [0.4, 0.5) is 13.2 Å². The molecule has 0 fully saturated rings. The Hall–Kier alpha value is -2.17. The lowest BCUT2D eigenvalue weighted by Crippen LogP contribution is -2.05. The number of rotatable bonds is 5. The monoisotopic (exact) mass is 310 g/mol. The first-order valence-corrected chi connectivity index (χ1v) is 6.80. The molecule has 0 spiro atoms. The molecule has 0 aromatic heterocycles. The topological polar surface area (TPSA) is 18.5 Å². The van der Waals surface area contributed by atoms with Crippen LogP contribution in [0, 0.1) is 0 Å². The van der Waals surface area contributed by atoms with Crippen LogP contribution in [0.2, 0.25) is 0 Å². The first kappa shape index (κ1) is 16.2. The molecule has 0 N–H and O–H groups in total. The fourth-order valence-electron chi connectivity index (χ4n) is 2.20. The van der Waals surface area contributed by atoms with E-state index in [1.807, 2.05) is 12.1 Å². The summed E-state index contributed by atoms with van der Waals surface area (Å²) in [4.78, 5) is 0. The van der Waals surface area contributed by atoms with E-state index >= 15 is 0 Å². The number of hydrogen-bond acceptors (Lipinski definition) is 2. The van der Waals surface area contributed by atoms with Gasteiger partial charge in [0.15, 0.2) is 0 Å². The molecule has 0 bridgehead atoms. The van der Waals surface area contributed by atoms with Crippen LogP contribution in [0.15, 0.2) is 42.5 Å². The molecular weight excluding hydrogens is 293 g/mol. The van der Waals surface area contributed by atoms with Crippen molar-refractivity contribution in [1.29, 1.82) is 0 Å². The molecule has 0 aliphatic heterocycles. The predicted octanol–water partition coefficient (Wildman–Crippen LogP) is 4.51. The van der Waals surface area contributed by atoms with Crippen molar-refractivity contribution in [2.45, 2.75) is 19.0 Å². The van der Waals surface area contributed by atoms with Gasteiger partial charge in [-0.25, -0.2) is 0 Å². The van der Waals surface area contributed by atoms with E-state index in [-0.39, 0.29) is 0 Å². The average Bonchev–Trinajstić information content (AvgIpc) is 2.52. The van der Waals surface area contributed by atoms with E-state index in [0.717, 1.165) is 11.6 Å². The highest BCUT2D eigenvalue weighted by molar-refractivity contribution is 5.39. The second-order valence-corrected chi connectivity index (χ2v) is 4.92. The molecule has 0 aliphatic carbocycles. The zero-order valence-electron chi connectivity index (χ0n) is 12.4. The van der Waals surface area contributed by atoms with Crippen molar-refractivity contribution in [2.24, 2.45) is 0 Å². The maximum atomic E-state index is 12.7. The maximum absolute atomic E-state index is 12.7. The lowest BCUT2D eigenvalue weighted by Gasteiger charge is -2.10. The number of halogens is 3. The number of methoxy groups -OCH3 is 2. The summed E-state index contributed by atoms with van der Waals surface area (Å²) >= 11 is 0. The molecule has 0 radical (unpaired) electrons. The van der Waals surface area contributed by atoms with Crippen LogP contribution in [0.25, 0.3) is 0 Å². The first-order valence-electron chi connectivity index (χ1n) is 6.80. The fraction of sp³-hybridized carbons (Fsp3) is 0.294. The molecule has 2 rings (SSSR count). The normalized spacial score (nSPS) is 11.3. The van der Waals surface area contributed by atoms with E-state index in [2.05, 4.69) is 0 Å². The van der Waals surface area contributed by atoms with Gasteiger partial charge in [0.25, 0.3) is 0 Å². The summed E-state index contributed by atoms with van der Waals surface area (Å²) in [5.74, 6) is 1.33. The number of benzene rings is 2. The van der Waals surface area contributed by atoms with Gasteiger partial charge in [-0.1, -0.05) is 18.2 Å². The number of alkyl halides is 3. The Bertz CT molecular complexity index is 614. The van der Waals surface area contributed by atoms with Crippen LogP contribution in [0.3, 0.4) is 0 Å². The standard InChI is InChI=1S/C17H17F3O2/c1-21-15-9-13(10-16(11-15)22-2)7-6-12-4-3-5-14(8-12)17(18,19)20/h3-5,8-11H,6-7H2,1-2H3. The van der Waals surface area contributed by atoms with Crippen LogP contribution in [0.1, 0.15) is 16.7 Å². The van der Waals surface area contributed by atoms with E-state index in [0.29, 0.717) is 29.9 Å². The SMILES string of the molecule is COc1cc(CCc2cccc(C(F)(F)F)c2)cc(OC)c1. The highest BCUT2D eigenvalue weighted by Crippen LogP contribution is 2.30. The fourth-order valence-corrected chi connectivity index (χ4v) is 2.20. The summed E-state index contributed by atoms with van der Waals surface area (Å²) in [5, 5.41) is 0. The van der Waals surface area contributed by atoms with Gasteiger partial charge < -0.3 is 9.47 Å². The summed E-state index contributed by atoms with van der Waals surface area (Å²) in [7, 11) is 3.12. The van der Waals surface area contributed by atoms with Gasteiger partial charge in [-0.2, -0.15) is 13.2 Å². The molecule has 0 saturated heterocycles. The van der Waals surface area contributed by atoms with Gasteiger partial charge in [0.05, 0.1) is 19.8 Å². The Kier molecular flexibility index (Phi) is 4.96. The van der Waals surface area contributed by atoms with E-state index in [1.165, 1.54) is 12.1 Å². The van der Waals surface area contributed by atoms with Crippen LogP contribution in [0.5, 0.6) is 11.5 Å². The largest absolute Gasteiger partial charge is 0.497 e. The summed E-state index contributed by atoms with van der Waals surface area (Å²) in [6.07, 6.45) is -3.19. The Morgan fingerprint density at radius 3 is 1.95 bits per heavy atom. The van der Waals surface area contributed by atoms with E-state index in [9.17, 15) is 13.2 Å². The smallest absolute Gasteiger partial charge is 0.416 e. The van der Waals surface area contributed by atoms with Crippen molar-refractivity contribution < 1.29 is 22.6 Å². The number of ether oxygens (including phenoxy) is 2. The molecule has 2 aromatic carbocycles. The second-order valence-electron chi connectivity index (χ2n) is 4.92. The number of aryl methyl sites for hydroxylation is 2. The summed E-state index contributed by atoms with van der Waals surface area (Å²) in [6, 6.07) is 10.9. The molecule has 118 valence electrons. The van der Waals surface area contributed by atoms with Gasteiger partial charge in [-0.3, -0.25) is 0 Å². The minimum atomic E-state index is -4.31. The van der Waals surface area contributed by atoms with Crippen LogP contribution < -0.4 is 9.47 Å². The minimum Gasteiger partial charge on any atom is -0.497 e. The van der Waals surface area contributed by atoms with E-state index in [4.69, 9.17) is 9.47 Å². The average molecular weight is 310 g/mol. The molecule has 0 unspecified atom stereocenters. The van der Waals surface area contributed by atoms with E-state index in [1.54, 1.807) is 26.4 Å². The van der Waals surface area contributed by atoms with Gasteiger partial charge in [0, 0.05) is 6.07 Å². The third-order valence-corrected chi connectivity index (χ3v) is 3.37. The molecule has 0 heterocycles. The zero-order valence-corrected chi connectivity index (χ0v) is 12.4. The van der Waals surface area contributed by atoms with E-state index < -0.39 is 11.7 Å². The molecule has 5 heteroatoms.